The maximum atomic E-state index is 12.3. The fraction of sp³-hybridized carbons (Fsp3) is 0.550. The summed E-state index contributed by atoms with van der Waals surface area (Å²) in [5, 5.41) is 2.99. The summed E-state index contributed by atoms with van der Waals surface area (Å²) in [4.78, 5) is 35.2. The van der Waals surface area contributed by atoms with Gasteiger partial charge >= 0.3 is 5.97 Å². The van der Waals surface area contributed by atoms with Gasteiger partial charge in [0.15, 0.2) is 19.0 Å². The van der Waals surface area contributed by atoms with Crippen LogP contribution in [0.25, 0.3) is 0 Å². The number of hydrogen-bond acceptors (Lipinski definition) is 5. The second-order valence-electron chi connectivity index (χ2n) is 6.96. The molecule has 0 spiro atoms. The molecular weight excluding hydrogens is 334 g/mol. The van der Waals surface area contributed by atoms with Gasteiger partial charge in [0.2, 0.25) is 0 Å². The highest BCUT2D eigenvalue weighted by atomic mass is 16.6. The third-order valence-corrected chi connectivity index (χ3v) is 5.10. The summed E-state index contributed by atoms with van der Waals surface area (Å²) in [6, 6.07) is 6.71. The molecule has 26 heavy (non-hydrogen) atoms. The van der Waals surface area contributed by atoms with Crippen LogP contribution in [-0.2, 0) is 14.3 Å². The van der Waals surface area contributed by atoms with Gasteiger partial charge in [-0.15, -0.1) is 0 Å². The molecular formula is C20H27NO5. The van der Waals surface area contributed by atoms with Crippen molar-refractivity contribution in [2.75, 3.05) is 6.61 Å². The Kier molecular flexibility index (Phi) is 7.18. The van der Waals surface area contributed by atoms with Crippen molar-refractivity contribution >= 4 is 18.2 Å². The summed E-state index contributed by atoms with van der Waals surface area (Å²) in [5.41, 5.74) is 0.353. The zero-order chi connectivity index (χ0) is 19.1. The van der Waals surface area contributed by atoms with Gasteiger partial charge in [0.1, 0.15) is 5.75 Å². The van der Waals surface area contributed by atoms with E-state index >= 15 is 0 Å². The molecule has 1 saturated carbocycles. The highest BCUT2D eigenvalue weighted by Gasteiger charge is 2.30. The smallest absolute Gasteiger partial charge is 0.344 e. The first-order chi connectivity index (χ1) is 12.4. The van der Waals surface area contributed by atoms with Gasteiger partial charge in [-0.3, -0.25) is 9.59 Å². The van der Waals surface area contributed by atoms with Crippen LogP contribution in [0.1, 0.15) is 50.4 Å². The van der Waals surface area contributed by atoms with E-state index in [1.807, 2.05) is 0 Å². The van der Waals surface area contributed by atoms with E-state index < -0.39 is 12.1 Å². The molecule has 4 atom stereocenters. The van der Waals surface area contributed by atoms with Crippen LogP contribution in [0.4, 0.5) is 0 Å². The fourth-order valence-electron chi connectivity index (χ4n) is 3.22. The van der Waals surface area contributed by atoms with Crippen molar-refractivity contribution in [3.63, 3.8) is 0 Å². The van der Waals surface area contributed by atoms with Crippen LogP contribution in [-0.4, -0.2) is 36.9 Å². The van der Waals surface area contributed by atoms with Crippen LogP contribution in [0.3, 0.4) is 0 Å². The second kappa shape index (κ2) is 9.36. The predicted octanol–water partition coefficient (Wildman–Crippen LogP) is 2.75. The van der Waals surface area contributed by atoms with E-state index in [1.165, 1.54) is 6.42 Å². The Morgan fingerprint density at radius 2 is 2.00 bits per heavy atom. The van der Waals surface area contributed by atoms with Gasteiger partial charge in [0.25, 0.3) is 5.91 Å². The number of ether oxygens (including phenoxy) is 2. The molecule has 0 unspecified atom stereocenters. The molecule has 1 aromatic rings. The molecule has 0 heterocycles. The third kappa shape index (κ3) is 5.31. The molecule has 1 fully saturated rings. The summed E-state index contributed by atoms with van der Waals surface area (Å²) < 4.78 is 10.5. The standard InChI is InChI=1S/C20H27NO5/c1-13-7-6-9-17(14(13)2)21-20(24)15(3)26-19(23)12-25-18-10-5-4-8-16(18)11-22/h4-5,8,10-11,13-15,17H,6-7,9,12H2,1-3H3,(H,21,24)/t13-,14+,15+,17-/m0/s1. The number of esters is 1. The first-order valence-corrected chi connectivity index (χ1v) is 9.09. The van der Waals surface area contributed by atoms with Gasteiger partial charge in [-0.1, -0.05) is 38.8 Å². The van der Waals surface area contributed by atoms with Crippen molar-refractivity contribution in [3.8, 4) is 5.75 Å². The van der Waals surface area contributed by atoms with Gasteiger partial charge < -0.3 is 14.8 Å². The van der Waals surface area contributed by atoms with E-state index in [4.69, 9.17) is 9.47 Å². The third-order valence-electron chi connectivity index (χ3n) is 5.10. The summed E-state index contributed by atoms with van der Waals surface area (Å²) >= 11 is 0. The topological polar surface area (TPSA) is 81.7 Å². The lowest BCUT2D eigenvalue weighted by Crippen LogP contribution is -2.47. The SMILES string of the molecule is C[C@H]1[C@@H](NC(=O)[C@@H](C)OC(=O)COc2ccccc2C=O)CCC[C@@H]1C. The minimum Gasteiger partial charge on any atom is -0.481 e. The molecule has 6 heteroatoms. The minimum absolute atomic E-state index is 0.114. The molecule has 142 valence electrons. The molecule has 1 aliphatic rings. The number of aldehydes is 1. The molecule has 2 rings (SSSR count). The normalized spacial score (nSPS) is 23.6. The average Bonchev–Trinajstić information content (AvgIpc) is 2.63. The van der Waals surface area contributed by atoms with E-state index in [1.54, 1.807) is 31.2 Å². The van der Waals surface area contributed by atoms with Crippen molar-refractivity contribution in [1.29, 1.82) is 0 Å². The Balaban J connectivity index is 1.80. The van der Waals surface area contributed by atoms with Gasteiger partial charge in [-0.2, -0.15) is 0 Å². The Morgan fingerprint density at radius 1 is 1.27 bits per heavy atom. The Morgan fingerprint density at radius 3 is 2.73 bits per heavy atom. The summed E-state index contributed by atoms with van der Waals surface area (Å²) in [6.07, 6.45) is 2.98. The average molecular weight is 361 g/mol. The molecule has 1 aromatic carbocycles. The number of carbonyl (C=O) groups excluding carboxylic acids is 3. The molecule has 6 nitrogen and oxygen atoms in total. The zero-order valence-corrected chi connectivity index (χ0v) is 15.6. The Hall–Kier alpha value is -2.37. The fourth-order valence-corrected chi connectivity index (χ4v) is 3.22. The number of para-hydroxylation sites is 1. The number of hydrogen-bond donors (Lipinski definition) is 1. The second-order valence-corrected chi connectivity index (χ2v) is 6.96. The lowest BCUT2D eigenvalue weighted by Gasteiger charge is -2.35. The van der Waals surface area contributed by atoms with Gasteiger partial charge in [-0.05, 0) is 37.3 Å². The number of rotatable bonds is 7. The zero-order valence-electron chi connectivity index (χ0n) is 15.6. The van der Waals surface area contributed by atoms with E-state index in [0.29, 0.717) is 29.4 Å². The number of nitrogens with one attached hydrogen (secondary N) is 1. The molecule has 0 radical (unpaired) electrons. The van der Waals surface area contributed by atoms with Gasteiger partial charge in [-0.25, -0.2) is 4.79 Å². The molecule has 0 bridgehead atoms. The van der Waals surface area contributed by atoms with Crippen LogP contribution in [0.5, 0.6) is 5.75 Å². The molecule has 1 aliphatic carbocycles. The summed E-state index contributed by atoms with van der Waals surface area (Å²) in [7, 11) is 0. The van der Waals surface area contributed by atoms with Crippen LogP contribution >= 0.6 is 0 Å². The highest BCUT2D eigenvalue weighted by molar-refractivity contribution is 5.84. The Bertz CT molecular complexity index is 645. The van der Waals surface area contributed by atoms with E-state index in [2.05, 4.69) is 19.2 Å². The quantitative estimate of drug-likeness (QED) is 0.596. The first kappa shape index (κ1) is 19.9. The lowest BCUT2D eigenvalue weighted by molar-refractivity contribution is -0.157. The summed E-state index contributed by atoms with van der Waals surface area (Å²) in [6.45, 7) is 5.52. The predicted molar refractivity (Wildman–Crippen MR) is 97.0 cm³/mol. The van der Waals surface area contributed by atoms with Crippen LogP contribution < -0.4 is 10.1 Å². The molecule has 0 aromatic heterocycles. The van der Waals surface area contributed by atoms with Crippen molar-refractivity contribution in [3.05, 3.63) is 29.8 Å². The number of amides is 1. The van der Waals surface area contributed by atoms with Gasteiger partial charge in [0, 0.05) is 6.04 Å². The highest BCUT2D eigenvalue weighted by Crippen LogP contribution is 2.29. The monoisotopic (exact) mass is 361 g/mol. The van der Waals surface area contributed by atoms with Crippen molar-refractivity contribution in [2.45, 2.75) is 52.2 Å². The van der Waals surface area contributed by atoms with E-state index in [-0.39, 0.29) is 18.6 Å². The maximum absolute atomic E-state index is 12.3. The van der Waals surface area contributed by atoms with E-state index in [0.717, 1.165) is 12.8 Å². The van der Waals surface area contributed by atoms with Crippen molar-refractivity contribution in [2.24, 2.45) is 11.8 Å². The van der Waals surface area contributed by atoms with Crippen molar-refractivity contribution < 1.29 is 23.9 Å². The van der Waals surface area contributed by atoms with Crippen molar-refractivity contribution in [1.82, 2.24) is 5.32 Å². The number of carbonyl (C=O) groups is 3. The van der Waals surface area contributed by atoms with Crippen LogP contribution in [0.2, 0.25) is 0 Å². The largest absolute Gasteiger partial charge is 0.481 e. The first-order valence-electron chi connectivity index (χ1n) is 9.09. The van der Waals surface area contributed by atoms with Gasteiger partial charge in [0.05, 0.1) is 5.56 Å². The molecule has 1 N–H and O–H groups in total. The lowest BCUT2D eigenvalue weighted by atomic mass is 9.78. The minimum atomic E-state index is -0.892. The van der Waals surface area contributed by atoms with Crippen LogP contribution in [0, 0.1) is 11.8 Å². The van der Waals surface area contributed by atoms with E-state index in [9.17, 15) is 14.4 Å². The molecule has 0 aliphatic heterocycles. The Labute approximate surface area is 154 Å². The summed E-state index contributed by atoms with van der Waals surface area (Å²) in [5.74, 6) is 0.328. The molecule has 1 amide bonds. The molecule has 0 saturated heterocycles. The number of benzene rings is 1. The van der Waals surface area contributed by atoms with Crippen LogP contribution in [0.15, 0.2) is 24.3 Å². The maximum Gasteiger partial charge on any atom is 0.344 e.